The lowest BCUT2D eigenvalue weighted by atomic mass is 9.99. The first-order valence-electron chi connectivity index (χ1n) is 11.1. The summed E-state index contributed by atoms with van der Waals surface area (Å²) in [7, 11) is -4.03. The van der Waals surface area contributed by atoms with Crippen LogP contribution in [0.15, 0.2) is 114 Å². The fraction of sp³-hybridized carbons (Fsp3) is 0.107. The number of amides is 1. The van der Waals surface area contributed by atoms with Crippen LogP contribution in [0.25, 0.3) is 0 Å². The summed E-state index contributed by atoms with van der Waals surface area (Å²) in [5, 5.41) is 3.46. The van der Waals surface area contributed by atoms with Crippen molar-refractivity contribution in [1.29, 1.82) is 0 Å². The van der Waals surface area contributed by atoms with E-state index in [1.54, 1.807) is 12.1 Å². The van der Waals surface area contributed by atoms with Gasteiger partial charge in [0.1, 0.15) is 6.54 Å². The van der Waals surface area contributed by atoms with Gasteiger partial charge in [0, 0.05) is 5.02 Å². The van der Waals surface area contributed by atoms with Gasteiger partial charge in [0.25, 0.3) is 10.0 Å². The van der Waals surface area contributed by atoms with Gasteiger partial charge >= 0.3 is 0 Å². The number of rotatable bonds is 8. The molecule has 0 aromatic heterocycles. The van der Waals surface area contributed by atoms with Crippen molar-refractivity contribution in [2.75, 3.05) is 10.8 Å². The second kappa shape index (κ2) is 10.8. The van der Waals surface area contributed by atoms with Crippen molar-refractivity contribution in [3.8, 4) is 0 Å². The van der Waals surface area contributed by atoms with Gasteiger partial charge in [-0.05, 0) is 54.4 Å². The minimum Gasteiger partial charge on any atom is -0.344 e. The Bertz CT molecular complexity index is 1340. The van der Waals surface area contributed by atoms with Crippen molar-refractivity contribution in [2.24, 2.45) is 0 Å². The Kier molecular flexibility index (Phi) is 7.54. The molecule has 5 nitrogen and oxygen atoms in total. The Morgan fingerprint density at radius 1 is 0.800 bits per heavy atom. The number of halogens is 1. The van der Waals surface area contributed by atoms with Gasteiger partial charge in [-0.3, -0.25) is 9.10 Å². The molecule has 1 amide bonds. The number of hydrogen-bond donors (Lipinski definition) is 1. The van der Waals surface area contributed by atoms with Crippen LogP contribution in [0.4, 0.5) is 5.69 Å². The molecule has 0 aliphatic rings. The summed E-state index contributed by atoms with van der Waals surface area (Å²) < 4.78 is 28.3. The molecule has 0 aliphatic carbocycles. The molecule has 0 saturated heterocycles. The van der Waals surface area contributed by atoms with Crippen LogP contribution in [0.2, 0.25) is 5.02 Å². The summed E-state index contributed by atoms with van der Waals surface area (Å²) >= 11 is 5.96. The molecule has 178 valence electrons. The predicted octanol–water partition coefficient (Wildman–Crippen LogP) is 5.75. The Morgan fingerprint density at radius 3 is 1.83 bits per heavy atom. The molecule has 0 bridgehead atoms. The molecule has 1 N–H and O–H groups in total. The summed E-state index contributed by atoms with van der Waals surface area (Å²) in [5.74, 6) is -0.430. The van der Waals surface area contributed by atoms with E-state index in [9.17, 15) is 13.2 Å². The van der Waals surface area contributed by atoms with Crippen molar-refractivity contribution in [1.82, 2.24) is 5.32 Å². The maximum Gasteiger partial charge on any atom is 0.264 e. The van der Waals surface area contributed by atoms with Gasteiger partial charge in [-0.2, -0.15) is 0 Å². The average molecular weight is 505 g/mol. The topological polar surface area (TPSA) is 66.5 Å². The van der Waals surface area contributed by atoms with E-state index in [2.05, 4.69) is 5.32 Å². The second-order valence-corrected chi connectivity index (χ2v) is 10.4. The number of nitrogens with zero attached hydrogens (tertiary/aromatic N) is 1. The van der Waals surface area contributed by atoms with E-state index in [1.165, 1.54) is 24.3 Å². The Labute approximate surface area is 211 Å². The first-order valence-corrected chi connectivity index (χ1v) is 12.9. The SMILES string of the molecule is Cc1ccc(N(CC(=O)NC(c2ccccc2)c2ccccc2)S(=O)(=O)c2ccc(Cl)cc2)cc1. The molecule has 0 unspecified atom stereocenters. The van der Waals surface area contributed by atoms with E-state index >= 15 is 0 Å². The second-order valence-electron chi connectivity index (χ2n) is 8.12. The number of hydrogen-bond acceptors (Lipinski definition) is 3. The van der Waals surface area contributed by atoms with E-state index in [0.29, 0.717) is 10.7 Å². The molecule has 0 radical (unpaired) electrons. The predicted molar refractivity (Wildman–Crippen MR) is 140 cm³/mol. The molecule has 35 heavy (non-hydrogen) atoms. The summed E-state index contributed by atoms with van der Waals surface area (Å²) in [6.45, 7) is 1.53. The van der Waals surface area contributed by atoms with Gasteiger partial charge in [0.15, 0.2) is 0 Å². The maximum atomic E-state index is 13.6. The van der Waals surface area contributed by atoms with Crippen LogP contribution in [0.3, 0.4) is 0 Å². The average Bonchev–Trinajstić information content (AvgIpc) is 2.88. The highest BCUT2D eigenvalue weighted by Crippen LogP contribution is 2.26. The standard InChI is InChI=1S/C28H25ClN2O3S/c1-21-12-16-25(17-13-21)31(35(33,34)26-18-14-24(29)15-19-26)20-27(32)30-28(22-8-4-2-5-9-22)23-10-6-3-7-11-23/h2-19,28H,20H2,1H3,(H,30,32). The third-order valence-corrected chi connectivity index (χ3v) is 7.62. The van der Waals surface area contributed by atoms with Crippen molar-refractivity contribution >= 4 is 33.2 Å². The van der Waals surface area contributed by atoms with Crippen LogP contribution >= 0.6 is 11.6 Å². The fourth-order valence-electron chi connectivity index (χ4n) is 3.75. The largest absolute Gasteiger partial charge is 0.344 e. The monoisotopic (exact) mass is 504 g/mol. The van der Waals surface area contributed by atoms with Gasteiger partial charge in [-0.25, -0.2) is 8.42 Å². The quantitative estimate of drug-likeness (QED) is 0.332. The van der Waals surface area contributed by atoms with Gasteiger partial charge in [0.05, 0.1) is 16.6 Å². The van der Waals surface area contributed by atoms with Crippen molar-refractivity contribution in [2.45, 2.75) is 17.9 Å². The fourth-order valence-corrected chi connectivity index (χ4v) is 5.29. The Hall–Kier alpha value is -3.61. The zero-order chi connectivity index (χ0) is 24.8. The summed E-state index contributed by atoms with van der Waals surface area (Å²) in [5.41, 5.74) is 3.18. The van der Waals surface area contributed by atoms with Gasteiger partial charge in [0.2, 0.25) is 5.91 Å². The lowest BCUT2D eigenvalue weighted by Gasteiger charge is -2.26. The lowest BCUT2D eigenvalue weighted by molar-refractivity contribution is -0.120. The number of sulfonamides is 1. The van der Waals surface area contributed by atoms with Gasteiger partial charge in [-0.15, -0.1) is 0 Å². The minimum atomic E-state index is -4.03. The van der Waals surface area contributed by atoms with Gasteiger partial charge < -0.3 is 5.32 Å². The van der Waals surface area contributed by atoms with Crippen LogP contribution < -0.4 is 9.62 Å². The molecule has 0 spiro atoms. The Balaban J connectivity index is 1.67. The van der Waals surface area contributed by atoms with E-state index in [0.717, 1.165) is 21.0 Å². The highest BCUT2D eigenvalue weighted by atomic mass is 35.5. The number of carbonyl (C=O) groups excluding carboxylic acids is 1. The molecular formula is C28H25ClN2O3S. The lowest BCUT2D eigenvalue weighted by Crippen LogP contribution is -2.42. The molecule has 4 rings (SSSR count). The third kappa shape index (κ3) is 5.91. The molecule has 0 saturated carbocycles. The van der Waals surface area contributed by atoms with Crippen LogP contribution in [0, 0.1) is 6.92 Å². The van der Waals surface area contributed by atoms with Gasteiger partial charge in [-0.1, -0.05) is 90.0 Å². The van der Waals surface area contributed by atoms with Crippen molar-refractivity contribution < 1.29 is 13.2 Å². The first kappa shape index (κ1) is 24.5. The first-order chi connectivity index (χ1) is 16.8. The molecule has 0 fully saturated rings. The van der Waals surface area contributed by atoms with E-state index < -0.39 is 22.0 Å². The van der Waals surface area contributed by atoms with E-state index in [-0.39, 0.29) is 11.4 Å². The number of anilines is 1. The smallest absolute Gasteiger partial charge is 0.264 e. The highest BCUT2D eigenvalue weighted by Gasteiger charge is 2.28. The minimum absolute atomic E-state index is 0.0537. The van der Waals surface area contributed by atoms with Crippen LogP contribution in [-0.4, -0.2) is 20.9 Å². The third-order valence-electron chi connectivity index (χ3n) is 5.58. The molecular weight excluding hydrogens is 480 g/mol. The highest BCUT2D eigenvalue weighted by molar-refractivity contribution is 7.92. The molecule has 0 heterocycles. The molecule has 4 aromatic carbocycles. The summed E-state index contributed by atoms with van der Waals surface area (Å²) in [6.07, 6.45) is 0. The maximum absolute atomic E-state index is 13.6. The molecule has 4 aromatic rings. The number of nitrogens with one attached hydrogen (secondary N) is 1. The Morgan fingerprint density at radius 2 is 1.31 bits per heavy atom. The summed E-state index contributed by atoms with van der Waals surface area (Å²) in [4.78, 5) is 13.4. The number of benzene rings is 4. The normalized spacial score (nSPS) is 11.3. The van der Waals surface area contributed by atoms with E-state index in [1.807, 2.05) is 79.7 Å². The van der Waals surface area contributed by atoms with Crippen molar-refractivity contribution in [3.63, 3.8) is 0 Å². The van der Waals surface area contributed by atoms with Crippen LogP contribution in [-0.2, 0) is 14.8 Å². The molecule has 0 aliphatic heterocycles. The summed E-state index contributed by atoms with van der Waals surface area (Å²) in [6, 6.07) is 31.7. The zero-order valence-corrected chi connectivity index (χ0v) is 20.7. The number of aryl methyl sites for hydroxylation is 1. The molecule has 0 atom stereocenters. The van der Waals surface area contributed by atoms with E-state index in [4.69, 9.17) is 11.6 Å². The zero-order valence-electron chi connectivity index (χ0n) is 19.1. The molecule has 7 heteroatoms. The van der Waals surface area contributed by atoms with Crippen LogP contribution in [0.5, 0.6) is 0 Å². The van der Waals surface area contributed by atoms with Crippen LogP contribution in [0.1, 0.15) is 22.7 Å². The number of carbonyl (C=O) groups is 1. The van der Waals surface area contributed by atoms with Crippen molar-refractivity contribution in [3.05, 3.63) is 131 Å².